The van der Waals surface area contributed by atoms with Crippen LogP contribution in [0.1, 0.15) is 34.5 Å². The summed E-state index contributed by atoms with van der Waals surface area (Å²) in [5, 5.41) is 5.83. The monoisotopic (exact) mass is 420 g/mol. The van der Waals surface area contributed by atoms with Crippen molar-refractivity contribution in [1.82, 2.24) is 5.32 Å². The van der Waals surface area contributed by atoms with Crippen LogP contribution < -0.4 is 15.5 Å². The highest BCUT2D eigenvalue weighted by molar-refractivity contribution is 6.04. The van der Waals surface area contributed by atoms with Crippen molar-refractivity contribution in [1.29, 1.82) is 0 Å². The normalized spacial score (nSPS) is 12.6. The molecule has 0 aliphatic carbocycles. The van der Waals surface area contributed by atoms with Crippen LogP contribution in [0.4, 0.5) is 10.1 Å². The summed E-state index contributed by atoms with van der Waals surface area (Å²) in [6, 6.07) is 22.7. The number of rotatable bonds is 8. The minimum Gasteiger partial charge on any atom is -0.345 e. The fourth-order valence-electron chi connectivity index (χ4n) is 3.37. The van der Waals surface area contributed by atoms with Gasteiger partial charge in [-0.3, -0.25) is 9.59 Å². The molecule has 0 aliphatic rings. The van der Waals surface area contributed by atoms with Crippen LogP contribution in [-0.2, 0) is 11.3 Å². The standard InChI is InChI=1S/C25H26FN3O2/c1-18(20-8-4-3-5-9-20)27-25(31)22-10-6-7-11-23(22)28-24(30)17-29(2)16-19-12-14-21(26)15-13-19/h3-15,18H,16-17H2,1-2H3,(H,27,31)(H,28,30)/p+1/t18-/m0/s1. The third kappa shape index (κ3) is 6.49. The first-order chi connectivity index (χ1) is 14.9. The van der Waals surface area contributed by atoms with E-state index >= 15 is 0 Å². The zero-order valence-electron chi connectivity index (χ0n) is 17.7. The van der Waals surface area contributed by atoms with Crippen LogP contribution in [0, 0.1) is 5.82 Å². The Morgan fingerprint density at radius 1 is 0.935 bits per heavy atom. The Bertz CT molecular complexity index is 1020. The van der Waals surface area contributed by atoms with Crippen LogP contribution in [0.5, 0.6) is 0 Å². The number of benzene rings is 3. The summed E-state index contributed by atoms with van der Waals surface area (Å²) in [5.41, 5.74) is 2.83. The molecule has 5 nitrogen and oxygen atoms in total. The average Bonchev–Trinajstić information content (AvgIpc) is 2.76. The van der Waals surface area contributed by atoms with Crippen LogP contribution >= 0.6 is 0 Å². The Kier molecular flexibility index (Phi) is 7.51. The number of hydrogen-bond donors (Lipinski definition) is 3. The number of quaternary nitrogens is 1. The van der Waals surface area contributed by atoms with Gasteiger partial charge in [0.2, 0.25) is 0 Å². The molecule has 3 aromatic rings. The summed E-state index contributed by atoms with van der Waals surface area (Å²) in [5.74, 6) is -0.731. The number of anilines is 1. The van der Waals surface area contributed by atoms with Gasteiger partial charge in [-0.15, -0.1) is 0 Å². The largest absolute Gasteiger partial charge is 0.345 e. The maximum atomic E-state index is 13.1. The molecule has 3 N–H and O–H groups in total. The molecule has 0 bridgehead atoms. The van der Waals surface area contributed by atoms with Crippen molar-refractivity contribution < 1.29 is 18.9 Å². The molecule has 0 spiro atoms. The quantitative estimate of drug-likeness (QED) is 0.525. The van der Waals surface area contributed by atoms with Crippen molar-refractivity contribution in [2.45, 2.75) is 19.5 Å². The molecular weight excluding hydrogens is 393 g/mol. The molecule has 0 aromatic heterocycles. The first kappa shape index (κ1) is 22.2. The second-order valence-electron chi connectivity index (χ2n) is 7.64. The van der Waals surface area contributed by atoms with Gasteiger partial charge < -0.3 is 15.5 Å². The molecule has 2 atom stereocenters. The Labute approximate surface area is 181 Å². The number of carbonyl (C=O) groups excluding carboxylic acids is 2. The molecule has 0 heterocycles. The number of nitrogens with one attached hydrogen (secondary N) is 3. The fraction of sp³-hybridized carbons (Fsp3) is 0.200. The van der Waals surface area contributed by atoms with Crippen molar-refractivity contribution in [2.24, 2.45) is 0 Å². The van der Waals surface area contributed by atoms with Crippen LogP contribution in [0.2, 0.25) is 0 Å². The van der Waals surface area contributed by atoms with Gasteiger partial charge in [0.25, 0.3) is 11.8 Å². The van der Waals surface area contributed by atoms with E-state index in [9.17, 15) is 14.0 Å². The highest BCUT2D eigenvalue weighted by Crippen LogP contribution is 2.17. The van der Waals surface area contributed by atoms with E-state index in [2.05, 4.69) is 10.6 Å². The molecule has 3 rings (SSSR count). The van der Waals surface area contributed by atoms with E-state index in [1.165, 1.54) is 12.1 Å². The summed E-state index contributed by atoms with van der Waals surface area (Å²) >= 11 is 0. The SMILES string of the molecule is C[C@H](NC(=O)c1ccccc1NC(=O)C[NH+](C)Cc1ccc(F)cc1)c1ccccc1. The van der Waals surface area contributed by atoms with Crippen molar-refractivity contribution in [3.63, 3.8) is 0 Å². The number of halogens is 1. The lowest BCUT2D eigenvalue weighted by Gasteiger charge is -2.17. The first-order valence-electron chi connectivity index (χ1n) is 10.2. The van der Waals surface area contributed by atoms with Crippen LogP contribution in [0.3, 0.4) is 0 Å². The van der Waals surface area contributed by atoms with E-state index in [4.69, 9.17) is 0 Å². The van der Waals surface area contributed by atoms with Crippen LogP contribution in [-0.4, -0.2) is 25.4 Å². The highest BCUT2D eigenvalue weighted by atomic mass is 19.1. The van der Waals surface area contributed by atoms with Gasteiger partial charge >= 0.3 is 0 Å². The number of amides is 2. The van der Waals surface area contributed by atoms with Gasteiger partial charge in [0.1, 0.15) is 12.4 Å². The Balaban J connectivity index is 1.60. The van der Waals surface area contributed by atoms with Gasteiger partial charge in [-0.1, -0.05) is 54.6 Å². The molecular formula is C25H27FN3O2+. The molecule has 0 radical (unpaired) electrons. The van der Waals surface area contributed by atoms with E-state index < -0.39 is 0 Å². The molecule has 160 valence electrons. The van der Waals surface area contributed by atoms with E-state index in [1.807, 2.05) is 44.3 Å². The van der Waals surface area contributed by atoms with Crippen molar-refractivity contribution >= 4 is 17.5 Å². The van der Waals surface area contributed by atoms with Gasteiger partial charge in [-0.2, -0.15) is 0 Å². The predicted octanol–water partition coefficient (Wildman–Crippen LogP) is 2.97. The Hall–Kier alpha value is -3.51. The molecule has 0 saturated heterocycles. The Morgan fingerprint density at radius 2 is 1.58 bits per heavy atom. The number of carbonyl (C=O) groups is 2. The van der Waals surface area contributed by atoms with Gasteiger partial charge in [0, 0.05) is 5.56 Å². The van der Waals surface area contributed by atoms with Crippen molar-refractivity contribution in [3.05, 3.63) is 101 Å². The minimum absolute atomic E-state index is 0.163. The topological polar surface area (TPSA) is 62.6 Å². The Morgan fingerprint density at radius 3 is 2.29 bits per heavy atom. The van der Waals surface area contributed by atoms with Crippen molar-refractivity contribution in [3.8, 4) is 0 Å². The minimum atomic E-state index is -0.282. The lowest BCUT2D eigenvalue weighted by atomic mass is 10.1. The zero-order valence-corrected chi connectivity index (χ0v) is 17.7. The predicted molar refractivity (Wildman–Crippen MR) is 119 cm³/mol. The fourth-order valence-corrected chi connectivity index (χ4v) is 3.37. The molecule has 6 heteroatoms. The number of para-hydroxylation sites is 1. The van der Waals surface area contributed by atoms with Crippen LogP contribution in [0.15, 0.2) is 78.9 Å². The maximum Gasteiger partial charge on any atom is 0.279 e. The molecule has 0 saturated carbocycles. The maximum absolute atomic E-state index is 13.1. The van der Waals surface area contributed by atoms with Gasteiger partial charge in [0.15, 0.2) is 6.54 Å². The first-order valence-corrected chi connectivity index (χ1v) is 10.2. The molecule has 31 heavy (non-hydrogen) atoms. The van der Waals surface area contributed by atoms with Gasteiger partial charge in [-0.25, -0.2) is 4.39 Å². The lowest BCUT2D eigenvalue weighted by Crippen LogP contribution is -3.08. The molecule has 0 fully saturated rings. The van der Waals surface area contributed by atoms with E-state index in [1.54, 1.807) is 36.4 Å². The summed E-state index contributed by atoms with van der Waals surface area (Å²) < 4.78 is 13.1. The van der Waals surface area contributed by atoms with Gasteiger partial charge in [-0.05, 0) is 36.8 Å². The summed E-state index contributed by atoms with van der Waals surface area (Å²) in [4.78, 5) is 26.3. The second kappa shape index (κ2) is 10.5. The third-order valence-corrected chi connectivity index (χ3v) is 4.97. The lowest BCUT2D eigenvalue weighted by molar-refractivity contribution is -0.885. The number of hydrogen-bond acceptors (Lipinski definition) is 2. The highest BCUT2D eigenvalue weighted by Gasteiger charge is 2.17. The van der Waals surface area contributed by atoms with E-state index in [0.717, 1.165) is 16.0 Å². The molecule has 3 aromatic carbocycles. The molecule has 1 unspecified atom stereocenters. The summed E-state index contributed by atoms with van der Waals surface area (Å²) in [6.07, 6.45) is 0. The zero-order chi connectivity index (χ0) is 22.2. The number of likely N-dealkylation sites (N-methyl/N-ethyl adjacent to an activating group) is 1. The van der Waals surface area contributed by atoms with Crippen LogP contribution in [0.25, 0.3) is 0 Å². The molecule has 0 aliphatic heterocycles. The average molecular weight is 421 g/mol. The van der Waals surface area contributed by atoms with E-state index in [-0.39, 0.29) is 30.2 Å². The van der Waals surface area contributed by atoms with Crippen molar-refractivity contribution in [2.75, 3.05) is 18.9 Å². The summed E-state index contributed by atoms with van der Waals surface area (Å²) in [6.45, 7) is 2.72. The van der Waals surface area contributed by atoms with Gasteiger partial charge in [0.05, 0.1) is 24.3 Å². The summed E-state index contributed by atoms with van der Waals surface area (Å²) in [7, 11) is 1.89. The van der Waals surface area contributed by atoms with E-state index in [0.29, 0.717) is 17.8 Å². The molecule has 2 amide bonds. The third-order valence-electron chi connectivity index (χ3n) is 4.97. The second-order valence-corrected chi connectivity index (χ2v) is 7.64. The smallest absolute Gasteiger partial charge is 0.279 e.